The summed E-state index contributed by atoms with van der Waals surface area (Å²) in [6, 6.07) is 0. The molecule has 0 rings (SSSR count). The van der Waals surface area contributed by atoms with Gasteiger partial charge < -0.3 is 10.1 Å². The van der Waals surface area contributed by atoms with E-state index in [2.05, 4.69) is 5.32 Å². The number of ketones is 1. The van der Waals surface area contributed by atoms with Gasteiger partial charge in [-0.05, 0) is 24.8 Å². The van der Waals surface area contributed by atoms with Crippen LogP contribution in [0.3, 0.4) is 0 Å². The third-order valence-corrected chi connectivity index (χ3v) is 2.54. The van der Waals surface area contributed by atoms with Crippen molar-refractivity contribution < 1.29 is 14.3 Å². The maximum absolute atomic E-state index is 11.3. The molecule has 0 saturated heterocycles. The second-order valence-corrected chi connectivity index (χ2v) is 5.27. The quantitative estimate of drug-likeness (QED) is 0.489. The fourth-order valence-electron chi connectivity index (χ4n) is 1.22. The lowest BCUT2D eigenvalue weighted by molar-refractivity contribution is -0.126. The number of hydrogen-bond acceptors (Lipinski definition) is 3. The van der Waals surface area contributed by atoms with Crippen LogP contribution in [-0.4, -0.2) is 31.4 Å². The van der Waals surface area contributed by atoms with Gasteiger partial charge in [0.25, 0.3) is 0 Å². The molecule has 0 aliphatic rings. The van der Waals surface area contributed by atoms with Crippen molar-refractivity contribution in [3.05, 3.63) is 12.2 Å². The molecule has 0 bridgehead atoms. The van der Waals surface area contributed by atoms with Gasteiger partial charge in [-0.1, -0.05) is 33.8 Å². The lowest BCUT2D eigenvalue weighted by atomic mass is 10.1. The smallest absolute Gasteiger partial charge is 0.243 e. The minimum absolute atomic E-state index is 0.0343. The molecule has 4 nitrogen and oxygen atoms in total. The summed E-state index contributed by atoms with van der Waals surface area (Å²) in [6.45, 7) is 9.19. The van der Waals surface area contributed by atoms with Crippen molar-refractivity contribution in [2.75, 3.05) is 19.8 Å². The van der Waals surface area contributed by atoms with E-state index in [1.165, 1.54) is 0 Å². The van der Waals surface area contributed by atoms with Crippen LogP contribution in [0.15, 0.2) is 12.2 Å². The average molecular weight is 269 g/mol. The van der Waals surface area contributed by atoms with Gasteiger partial charge in [0.1, 0.15) is 6.61 Å². The largest absolute Gasteiger partial charge is 0.374 e. The molecule has 0 aliphatic heterocycles. The van der Waals surface area contributed by atoms with Crippen LogP contribution in [0.25, 0.3) is 0 Å². The van der Waals surface area contributed by atoms with E-state index in [0.717, 1.165) is 12.8 Å². The van der Waals surface area contributed by atoms with E-state index < -0.39 is 0 Å². The summed E-state index contributed by atoms with van der Waals surface area (Å²) in [4.78, 5) is 22.6. The van der Waals surface area contributed by atoms with Gasteiger partial charge in [0.05, 0.1) is 0 Å². The number of carbonyl (C=O) groups is 2. The molecule has 1 N–H and O–H groups in total. The first-order valence-corrected chi connectivity index (χ1v) is 7.00. The molecule has 0 aromatic carbocycles. The molecule has 0 aromatic heterocycles. The number of nitrogens with one attached hydrogen (secondary N) is 1. The van der Waals surface area contributed by atoms with Crippen LogP contribution in [0.1, 0.15) is 40.5 Å². The Morgan fingerprint density at radius 1 is 1.16 bits per heavy atom. The van der Waals surface area contributed by atoms with Gasteiger partial charge in [-0.25, -0.2) is 0 Å². The zero-order chi connectivity index (χ0) is 14.7. The van der Waals surface area contributed by atoms with Gasteiger partial charge in [-0.3, -0.25) is 9.59 Å². The summed E-state index contributed by atoms with van der Waals surface area (Å²) >= 11 is 0. The predicted molar refractivity (Wildman–Crippen MR) is 76.9 cm³/mol. The van der Waals surface area contributed by atoms with Gasteiger partial charge in [0.2, 0.25) is 5.91 Å². The lowest BCUT2D eigenvalue weighted by Gasteiger charge is -2.06. The monoisotopic (exact) mass is 269 g/mol. The Bertz CT molecular complexity index is 296. The first kappa shape index (κ1) is 17.8. The standard InChI is InChI=1S/C15H27NO3/c1-12(2)7-8-15(18)16-9-5-6-10-19-11-14(17)13(3)4/h7-8,12-13H,5-6,9-11H2,1-4H3,(H,16,18)/b8-7+. The van der Waals surface area contributed by atoms with Crippen LogP contribution in [0.2, 0.25) is 0 Å². The number of hydrogen-bond donors (Lipinski definition) is 1. The molecule has 4 heteroatoms. The Morgan fingerprint density at radius 2 is 1.84 bits per heavy atom. The van der Waals surface area contributed by atoms with Gasteiger partial charge in [-0.15, -0.1) is 0 Å². The molecule has 0 saturated carbocycles. The fraction of sp³-hybridized carbons (Fsp3) is 0.733. The highest BCUT2D eigenvalue weighted by molar-refractivity contribution is 5.87. The van der Waals surface area contributed by atoms with Crippen LogP contribution < -0.4 is 5.32 Å². The predicted octanol–water partition coefficient (Wildman–Crippen LogP) is 2.34. The SMILES string of the molecule is CC(C)/C=C/C(=O)NCCCCOCC(=O)C(C)C. The topological polar surface area (TPSA) is 55.4 Å². The first-order chi connectivity index (χ1) is 8.93. The summed E-state index contributed by atoms with van der Waals surface area (Å²) in [6.07, 6.45) is 5.15. The van der Waals surface area contributed by atoms with Crippen molar-refractivity contribution in [3.8, 4) is 0 Å². The molecular formula is C15H27NO3. The summed E-state index contributed by atoms with van der Waals surface area (Å²) in [7, 11) is 0. The van der Waals surface area contributed by atoms with Crippen LogP contribution in [-0.2, 0) is 14.3 Å². The molecule has 0 spiro atoms. The first-order valence-electron chi connectivity index (χ1n) is 7.00. The van der Waals surface area contributed by atoms with Crippen LogP contribution in [0.4, 0.5) is 0 Å². The van der Waals surface area contributed by atoms with Gasteiger partial charge in [0.15, 0.2) is 5.78 Å². The molecule has 0 radical (unpaired) electrons. The Labute approximate surface area is 116 Å². The molecule has 1 amide bonds. The van der Waals surface area contributed by atoms with E-state index in [0.29, 0.717) is 19.1 Å². The van der Waals surface area contributed by atoms with Crippen molar-refractivity contribution in [1.82, 2.24) is 5.32 Å². The highest BCUT2D eigenvalue weighted by Crippen LogP contribution is 1.96. The number of amides is 1. The highest BCUT2D eigenvalue weighted by atomic mass is 16.5. The Morgan fingerprint density at radius 3 is 2.42 bits per heavy atom. The highest BCUT2D eigenvalue weighted by Gasteiger charge is 2.06. The normalized spacial score (nSPS) is 11.5. The molecule has 0 aliphatic carbocycles. The van der Waals surface area contributed by atoms with E-state index in [-0.39, 0.29) is 24.2 Å². The third-order valence-electron chi connectivity index (χ3n) is 2.54. The van der Waals surface area contributed by atoms with Gasteiger partial charge in [-0.2, -0.15) is 0 Å². The molecule has 0 atom stereocenters. The summed E-state index contributed by atoms with van der Waals surface area (Å²) in [5, 5.41) is 2.81. The maximum atomic E-state index is 11.3. The number of ether oxygens (including phenoxy) is 1. The Hall–Kier alpha value is -1.16. The number of carbonyl (C=O) groups excluding carboxylic acids is 2. The summed E-state index contributed by atoms with van der Waals surface area (Å²) in [5.41, 5.74) is 0. The zero-order valence-electron chi connectivity index (χ0n) is 12.6. The maximum Gasteiger partial charge on any atom is 0.243 e. The minimum Gasteiger partial charge on any atom is -0.374 e. The molecule has 0 aromatic rings. The number of allylic oxidation sites excluding steroid dienone is 1. The van der Waals surface area contributed by atoms with Crippen molar-refractivity contribution in [3.63, 3.8) is 0 Å². The van der Waals surface area contributed by atoms with E-state index in [4.69, 9.17) is 4.74 Å². The van der Waals surface area contributed by atoms with Crippen LogP contribution in [0.5, 0.6) is 0 Å². The Balaban J connectivity index is 3.41. The van der Waals surface area contributed by atoms with Crippen LogP contribution in [0, 0.1) is 11.8 Å². The molecule has 0 unspecified atom stereocenters. The lowest BCUT2D eigenvalue weighted by Crippen LogP contribution is -2.22. The number of Topliss-reactive ketones (excluding diaryl/α,β-unsaturated/α-hetero) is 1. The second kappa shape index (κ2) is 10.7. The van der Waals surface area contributed by atoms with Crippen molar-refractivity contribution in [1.29, 1.82) is 0 Å². The van der Waals surface area contributed by atoms with Crippen molar-refractivity contribution in [2.24, 2.45) is 11.8 Å². The van der Waals surface area contributed by atoms with E-state index >= 15 is 0 Å². The molecular weight excluding hydrogens is 242 g/mol. The molecule has 19 heavy (non-hydrogen) atoms. The number of unbranched alkanes of at least 4 members (excludes halogenated alkanes) is 1. The molecule has 110 valence electrons. The van der Waals surface area contributed by atoms with Gasteiger partial charge in [0, 0.05) is 19.1 Å². The summed E-state index contributed by atoms with van der Waals surface area (Å²) in [5.74, 6) is 0.501. The molecule has 0 heterocycles. The molecule has 0 fully saturated rings. The van der Waals surface area contributed by atoms with E-state index in [1.54, 1.807) is 6.08 Å². The summed E-state index contributed by atoms with van der Waals surface area (Å²) < 4.78 is 5.27. The minimum atomic E-state index is -0.0513. The average Bonchev–Trinajstić information content (AvgIpc) is 2.34. The van der Waals surface area contributed by atoms with Gasteiger partial charge >= 0.3 is 0 Å². The van der Waals surface area contributed by atoms with Crippen LogP contribution >= 0.6 is 0 Å². The van der Waals surface area contributed by atoms with E-state index in [1.807, 2.05) is 33.8 Å². The third kappa shape index (κ3) is 11.7. The Kier molecular flexibility index (Phi) is 10.1. The number of rotatable bonds is 10. The van der Waals surface area contributed by atoms with E-state index in [9.17, 15) is 9.59 Å². The second-order valence-electron chi connectivity index (χ2n) is 5.27. The fourth-order valence-corrected chi connectivity index (χ4v) is 1.22. The zero-order valence-corrected chi connectivity index (χ0v) is 12.6. The van der Waals surface area contributed by atoms with Crippen molar-refractivity contribution >= 4 is 11.7 Å². The van der Waals surface area contributed by atoms with Crippen molar-refractivity contribution in [2.45, 2.75) is 40.5 Å².